The molecule has 38 heavy (non-hydrogen) atoms. The predicted molar refractivity (Wildman–Crippen MR) is 146 cm³/mol. The van der Waals surface area contributed by atoms with E-state index in [-0.39, 0.29) is 18.8 Å². The maximum Gasteiger partial charge on any atom is 0.469 e. The Morgan fingerprint density at radius 2 is 1.39 bits per heavy atom. The molecule has 0 spiro atoms. The second-order valence-corrected chi connectivity index (χ2v) is 10.4. The number of phosphoric ester groups is 1. The standard InChI is InChI=1S/C29H39O8P/c30-27(23-37-38(33,34)35)22-36-28(31)17-13-8-6-4-2-1-3-5-7-10-14-24-18-20-26(21-19-24)29(32)25-15-11-9-12-16-25/h3,5,9,11-12,15-16,18-21,27,30H,1-2,4,6-8,10,13-14,17,22-23H2,(H2,33,34,35)/b5-3-/i38+1. The van der Waals surface area contributed by atoms with Crippen molar-refractivity contribution in [1.82, 2.24) is 0 Å². The summed E-state index contributed by atoms with van der Waals surface area (Å²) in [6.45, 7) is -0.953. The van der Waals surface area contributed by atoms with Crippen molar-refractivity contribution in [1.29, 1.82) is 0 Å². The number of carbonyl (C=O) groups is 2. The van der Waals surface area contributed by atoms with Crippen LogP contribution in [0.4, 0.5) is 0 Å². The van der Waals surface area contributed by atoms with Crippen molar-refractivity contribution in [3.63, 3.8) is 0 Å². The molecule has 2 rings (SSSR count). The Hall–Kier alpha value is -2.61. The molecule has 0 saturated carbocycles. The molecule has 0 heterocycles. The van der Waals surface area contributed by atoms with Crippen molar-refractivity contribution >= 4 is 19.6 Å². The Bertz CT molecular complexity index is 1030. The summed E-state index contributed by atoms with van der Waals surface area (Å²) in [6, 6.07) is 17.2. The lowest BCUT2D eigenvalue weighted by atomic mass is 10.0. The second-order valence-electron chi connectivity index (χ2n) is 9.19. The van der Waals surface area contributed by atoms with E-state index in [0.29, 0.717) is 17.5 Å². The molecule has 8 nitrogen and oxygen atoms in total. The van der Waals surface area contributed by atoms with Crippen LogP contribution in [0, 0.1) is 0 Å². The molecule has 9 heteroatoms. The third kappa shape index (κ3) is 14.4. The Morgan fingerprint density at radius 3 is 2.08 bits per heavy atom. The first-order valence-corrected chi connectivity index (χ1v) is 14.6. The Balaban J connectivity index is 1.44. The normalized spacial score (nSPS) is 12.5. The minimum atomic E-state index is -4.65. The van der Waals surface area contributed by atoms with Gasteiger partial charge >= 0.3 is 13.8 Å². The summed E-state index contributed by atoms with van der Waals surface area (Å²) in [4.78, 5) is 41.2. The van der Waals surface area contributed by atoms with Crippen molar-refractivity contribution in [3.8, 4) is 0 Å². The number of ether oxygens (including phenoxy) is 1. The number of rotatable bonds is 19. The molecular formula is C29H39O8P. The zero-order valence-electron chi connectivity index (χ0n) is 21.7. The Labute approximate surface area is 224 Å². The first-order valence-electron chi connectivity index (χ1n) is 13.1. The van der Waals surface area contributed by atoms with Crippen LogP contribution in [0.1, 0.15) is 79.3 Å². The van der Waals surface area contributed by atoms with Gasteiger partial charge in [0.15, 0.2) is 5.78 Å². The lowest BCUT2D eigenvalue weighted by Gasteiger charge is -2.12. The molecule has 0 bridgehead atoms. The van der Waals surface area contributed by atoms with Gasteiger partial charge in [-0.2, -0.15) is 0 Å². The minimum absolute atomic E-state index is 0.0464. The molecule has 0 aliphatic carbocycles. The molecule has 0 saturated heterocycles. The van der Waals surface area contributed by atoms with E-state index in [1.54, 1.807) is 0 Å². The van der Waals surface area contributed by atoms with Crippen LogP contribution in [0.3, 0.4) is 0 Å². The van der Waals surface area contributed by atoms with Gasteiger partial charge in [-0.25, -0.2) is 4.57 Å². The van der Waals surface area contributed by atoms with E-state index in [0.717, 1.165) is 51.4 Å². The molecule has 208 valence electrons. The highest BCUT2D eigenvalue weighted by Gasteiger charge is 2.17. The van der Waals surface area contributed by atoms with E-state index in [1.165, 1.54) is 5.56 Å². The predicted octanol–water partition coefficient (Wildman–Crippen LogP) is 5.54. The van der Waals surface area contributed by atoms with Crippen LogP contribution in [-0.4, -0.2) is 46.0 Å². The van der Waals surface area contributed by atoms with Gasteiger partial charge in [0.1, 0.15) is 12.7 Å². The van der Waals surface area contributed by atoms with E-state index in [2.05, 4.69) is 16.7 Å². The summed E-state index contributed by atoms with van der Waals surface area (Å²) in [7, 11) is -4.65. The Morgan fingerprint density at radius 1 is 0.789 bits per heavy atom. The summed E-state index contributed by atoms with van der Waals surface area (Å²) in [5.41, 5.74) is 2.65. The van der Waals surface area contributed by atoms with E-state index in [9.17, 15) is 19.3 Å². The minimum Gasteiger partial charge on any atom is -0.463 e. The molecule has 3 N–H and O–H groups in total. The van der Waals surface area contributed by atoms with Crippen LogP contribution in [0.25, 0.3) is 0 Å². The largest absolute Gasteiger partial charge is 0.469 e. The van der Waals surface area contributed by atoms with Crippen molar-refractivity contribution in [2.45, 2.75) is 70.3 Å². The zero-order chi connectivity index (χ0) is 27.6. The number of benzene rings is 2. The van der Waals surface area contributed by atoms with Crippen molar-refractivity contribution < 1.29 is 38.3 Å². The summed E-state index contributed by atoms with van der Waals surface area (Å²) < 4.78 is 19.6. The monoisotopic (exact) mass is 547 g/mol. The third-order valence-electron chi connectivity index (χ3n) is 5.88. The van der Waals surface area contributed by atoms with Gasteiger partial charge in [0.05, 0.1) is 6.61 Å². The first-order chi connectivity index (χ1) is 18.2. The summed E-state index contributed by atoms with van der Waals surface area (Å²) >= 11 is 0. The summed E-state index contributed by atoms with van der Waals surface area (Å²) in [5.74, 6) is -0.398. The van der Waals surface area contributed by atoms with Gasteiger partial charge < -0.3 is 19.6 Å². The summed E-state index contributed by atoms with van der Waals surface area (Å²) in [6.07, 6.45) is 12.4. The number of phosphoric acid groups is 1. The van der Waals surface area contributed by atoms with Gasteiger partial charge in [0, 0.05) is 17.5 Å². The first kappa shape index (κ1) is 31.6. The van der Waals surface area contributed by atoms with Gasteiger partial charge in [-0.05, 0) is 44.1 Å². The number of aryl methyl sites for hydroxylation is 1. The number of esters is 1. The Kier molecular flexibility index (Phi) is 14.8. The van der Waals surface area contributed by atoms with Gasteiger partial charge in [-0.1, -0.05) is 86.0 Å². The molecule has 2 aromatic rings. The van der Waals surface area contributed by atoms with Crippen LogP contribution < -0.4 is 0 Å². The highest BCUT2D eigenvalue weighted by Crippen LogP contribution is 2.35. The average molecular weight is 548 g/mol. The highest BCUT2D eigenvalue weighted by atomic mass is 32.2. The molecule has 2 aromatic carbocycles. The van der Waals surface area contributed by atoms with Gasteiger partial charge in [0.2, 0.25) is 0 Å². The number of ketones is 1. The van der Waals surface area contributed by atoms with Crippen LogP contribution in [0.2, 0.25) is 0 Å². The molecule has 0 radical (unpaired) electrons. The second kappa shape index (κ2) is 17.8. The fourth-order valence-corrected chi connectivity index (χ4v) is 4.16. The quantitative estimate of drug-likeness (QED) is 0.0687. The molecule has 0 aliphatic rings. The molecule has 0 amide bonds. The fourth-order valence-electron chi connectivity index (χ4n) is 3.79. The fraction of sp³-hybridized carbons (Fsp3) is 0.448. The highest BCUT2D eigenvalue weighted by molar-refractivity contribution is 7.46. The average Bonchev–Trinajstić information content (AvgIpc) is 2.91. The third-order valence-corrected chi connectivity index (χ3v) is 6.36. The van der Waals surface area contributed by atoms with E-state index in [1.807, 2.05) is 54.6 Å². The number of unbranched alkanes of at least 4 members (excludes halogenated alkanes) is 6. The molecule has 0 aliphatic heterocycles. The van der Waals surface area contributed by atoms with Crippen molar-refractivity contribution in [2.75, 3.05) is 13.2 Å². The van der Waals surface area contributed by atoms with Crippen LogP contribution in [-0.2, 0) is 25.0 Å². The number of aliphatic hydroxyl groups excluding tert-OH is 1. The number of hydrogen-bond acceptors (Lipinski definition) is 6. The number of hydrogen-bond donors (Lipinski definition) is 3. The van der Waals surface area contributed by atoms with Crippen LogP contribution >= 0.6 is 7.82 Å². The number of allylic oxidation sites excluding steroid dienone is 2. The van der Waals surface area contributed by atoms with Crippen LogP contribution in [0.15, 0.2) is 66.7 Å². The van der Waals surface area contributed by atoms with E-state index in [4.69, 9.17) is 14.5 Å². The topological polar surface area (TPSA) is 130 Å². The molecule has 0 fully saturated rings. The van der Waals surface area contributed by atoms with Crippen LogP contribution in [0.5, 0.6) is 0 Å². The number of aliphatic hydroxyl groups is 1. The maximum absolute atomic E-state index is 12.5. The van der Waals surface area contributed by atoms with Gasteiger partial charge in [0.25, 0.3) is 0 Å². The van der Waals surface area contributed by atoms with Gasteiger partial charge in [-0.3, -0.25) is 14.1 Å². The molecular weight excluding hydrogens is 508 g/mol. The lowest BCUT2D eigenvalue weighted by molar-refractivity contribution is -0.147. The van der Waals surface area contributed by atoms with Gasteiger partial charge in [-0.15, -0.1) is 0 Å². The maximum atomic E-state index is 12.5. The SMILES string of the molecule is O=C(CCCCCCC/C=C\CCCc1ccc(C(=O)c2ccccc2)cc1)OCC(O)CO[32P](=O)(O)O. The molecule has 0 aromatic heterocycles. The van der Waals surface area contributed by atoms with E-state index >= 15 is 0 Å². The summed E-state index contributed by atoms with van der Waals surface area (Å²) in [5, 5.41) is 9.47. The lowest BCUT2D eigenvalue weighted by Crippen LogP contribution is -2.23. The van der Waals surface area contributed by atoms with Crippen molar-refractivity contribution in [3.05, 3.63) is 83.4 Å². The molecule has 1 atom stereocenters. The molecule has 1 unspecified atom stereocenters. The van der Waals surface area contributed by atoms with E-state index < -0.39 is 26.5 Å². The number of carbonyl (C=O) groups excluding carboxylic acids is 2. The smallest absolute Gasteiger partial charge is 0.463 e. The van der Waals surface area contributed by atoms with Crippen molar-refractivity contribution in [2.24, 2.45) is 0 Å². The zero-order valence-corrected chi connectivity index (χ0v) is 22.6.